The first-order valence-electron chi connectivity index (χ1n) is 10.1. The smallest absolute Gasteiger partial charge is 0.248 e. The molecule has 0 aromatic carbocycles. The van der Waals surface area contributed by atoms with Crippen LogP contribution in [0.3, 0.4) is 0 Å². The SMILES string of the molecule is C=CCn1nc(C)c(CN2CCC3(CC2)CCN(C(=O)COC)CC3)c1C. The number of carbonyl (C=O) groups excluding carboxylic acids is 1. The molecule has 1 amide bonds. The number of carbonyl (C=O) groups is 1. The zero-order valence-corrected chi connectivity index (χ0v) is 17.2. The number of hydrogen-bond donors (Lipinski definition) is 0. The van der Waals surface area contributed by atoms with E-state index < -0.39 is 0 Å². The Morgan fingerprint density at radius 3 is 2.41 bits per heavy atom. The van der Waals surface area contributed by atoms with Gasteiger partial charge in [0.05, 0.1) is 12.2 Å². The summed E-state index contributed by atoms with van der Waals surface area (Å²) >= 11 is 0. The fourth-order valence-electron chi connectivity index (χ4n) is 4.62. The molecule has 3 rings (SSSR count). The summed E-state index contributed by atoms with van der Waals surface area (Å²) < 4.78 is 7.04. The van der Waals surface area contributed by atoms with Crippen LogP contribution in [0, 0.1) is 19.3 Å². The number of piperidine rings is 2. The molecule has 2 aliphatic rings. The first-order valence-corrected chi connectivity index (χ1v) is 10.1. The van der Waals surface area contributed by atoms with Gasteiger partial charge in [-0.1, -0.05) is 6.08 Å². The maximum Gasteiger partial charge on any atom is 0.248 e. The fraction of sp³-hybridized carbons (Fsp3) is 0.714. The molecule has 3 heterocycles. The maximum atomic E-state index is 12.0. The number of rotatable bonds is 6. The molecule has 0 aliphatic carbocycles. The third-order valence-electron chi connectivity index (χ3n) is 6.58. The van der Waals surface area contributed by atoms with Gasteiger partial charge in [0.2, 0.25) is 5.91 Å². The Balaban J connectivity index is 1.53. The van der Waals surface area contributed by atoms with Crippen molar-refractivity contribution in [2.75, 3.05) is 39.9 Å². The van der Waals surface area contributed by atoms with E-state index in [-0.39, 0.29) is 12.5 Å². The molecule has 2 aliphatic heterocycles. The number of hydrogen-bond acceptors (Lipinski definition) is 4. The lowest BCUT2D eigenvalue weighted by molar-refractivity contribution is -0.138. The molecule has 0 atom stereocenters. The van der Waals surface area contributed by atoms with E-state index in [9.17, 15) is 4.79 Å². The lowest BCUT2D eigenvalue weighted by Gasteiger charge is -2.47. The summed E-state index contributed by atoms with van der Waals surface area (Å²) in [5, 5.41) is 4.66. The molecule has 27 heavy (non-hydrogen) atoms. The monoisotopic (exact) mass is 374 g/mol. The average Bonchev–Trinajstić information content (AvgIpc) is 2.92. The molecule has 0 bridgehead atoms. The van der Waals surface area contributed by atoms with Crippen LogP contribution in [-0.2, 0) is 22.6 Å². The standard InChI is InChI=1S/C21H34N4O2/c1-5-10-25-18(3)19(17(2)22-25)15-23-11-6-21(7-12-23)8-13-24(14-9-21)20(26)16-27-4/h5H,1,6-16H2,2-4H3. The van der Waals surface area contributed by atoms with E-state index >= 15 is 0 Å². The molecule has 6 nitrogen and oxygen atoms in total. The number of allylic oxidation sites excluding steroid dienone is 1. The molecule has 0 radical (unpaired) electrons. The molecule has 1 spiro atoms. The van der Waals surface area contributed by atoms with Gasteiger partial charge in [-0.15, -0.1) is 6.58 Å². The molecule has 2 saturated heterocycles. The van der Waals surface area contributed by atoms with E-state index in [0.717, 1.165) is 57.8 Å². The highest BCUT2D eigenvalue weighted by atomic mass is 16.5. The Hall–Kier alpha value is -1.66. The van der Waals surface area contributed by atoms with Gasteiger partial charge in [0.15, 0.2) is 0 Å². The Bertz CT molecular complexity index is 664. The number of ether oxygens (including phenoxy) is 1. The van der Waals surface area contributed by atoms with Crippen LogP contribution < -0.4 is 0 Å². The third kappa shape index (κ3) is 4.43. The van der Waals surface area contributed by atoms with Crippen LogP contribution in [0.1, 0.15) is 42.6 Å². The average molecular weight is 375 g/mol. The lowest BCUT2D eigenvalue weighted by Crippen LogP contribution is -2.48. The molecule has 1 aromatic heterocycles. The second kappa shape index (κ2) is 8.57. The maximum absolute atomic E-state index is 12.0. The van der Waals surface area contributed by atoms with Crippen molar-refractivity contribution in [2.45, 2.75) is 52.6 Å². The normalized spacial score (nSPS) is 20.2. The Morgan fingerprint density at radius 1 is 1.19 bits per heavy atom. The van der Waals surface area contributed by atoms with Gasteiger partial charge in [-0.25, -0.2) is 0 Å². The van der Waals surface area contributed by atoms with Crippen molar-refractivity contribution in [2.24, 2.45) is 5.41 Å². The summed E-state index contributed by atoms with van der Waals surface area (Å²) in [7, 11) is 1.59. The van der Waals surface area contributed by atoms with Gasteiger partial charge in [0, 0.05) is 38.0 Å². The molecule has 2 fully saturated rings. The van der Waals surface area contributed by atoms with E-state index in [1.807, 2.05) is 11.0 Å². The molecule has 0 saturated carbocycles. The van der Waals surface area contributed by atoms with Crippen molar-refractivity contribution in [3.05, 3.63) is 29.6 Å². The number of nitrogens with zero attached hydrogens (tertiary/aromatic N) is 4. The number of likely N-dealkylation sites (tertiary alicyclic amines) is 2. The predicted octanol–water partition coefficient (Wildman–Crippen LogP) is 2.54. The number of amides is 1. The summed E-state index contributed by atoms with van der Waals surface area (Å²) in [4.78, 5) is 16.6. The molecular formula is C21H34N4O2. The van der Waals surface area contributed by atoms with Gasteiger partial charge in [0.25, 0.3) is 0 Å². The Labute approximate surface area is 163 Å². The van der Waals surface area contributed by atoms with E-state index in [4.69, 9.17) is 4.74 Å². The van der Waals surface area contributed by atoms with Crippen molar-refractivity contribution in [1.29, 1.82) is 0 Å². The summed E-state index contributed by atoms with van der Waals surface area (Å²) in [5.41, 5.74) is 4.20. The molecule has 1 aromatic rings. The van der Waals surface area contributed by atoms with Crippen LogP contribution in [-0.4, -0.2) is 65.4 Å². The summed E-state index contributed by atoms with van der Waals surface area (Å²) in [6.07, 6.45) is 6.63. The second-order valence-corrected chi connectivity index (χ2v) is 8.21. The van der Waals surface area contributed by atoms with Gasteiger partial charge >= 0.3 is 0 Å². The van der Waals surface area contributed by atoms with Crippen LogP contribution in [0.2, 0.25) is 0 Å². The fourth-order valence-corrected chi connectivity index (χ4v) is 4.62. The van der Waals surface area contributed by atoms with Crippen LogP contribution in [0.5, 0.6) is 0 Å². The van der Waals surface area contributed by atoms with E-state index in [1.54, 1.807) is 7.11 Å². The Kier molecular flexibility index (Phi) is 6.37. The summed E-state index contributed by atoms with van der Waals surface area (Å²) in [5.74, 6) is 0.132. The van der Waals surface area contributed by atoms with E-state index in [1.165, 1.54) is 24.1 Å². The minimum absolute atomic E-state index is 0.132. The first kappa shape index (κ1) is 20.1. The van der Waals surface area contributed by atoms with Gasteiger partial charge in [0.1, 0.15) is 6.61 Å². The molecular weight excluding hydrogens is 340 g/mol. The van der Waals surface area contributed by atoms with Gasteiger partial charge in [-0.2, -0.15) is 5.10 Å². The van der Waals surface area contributed by atoms with Crippen LogP contribution in [0.4, 0.5) is 0 Å². The van der Waals surface area contributed by atoms with Crippen molar-refractivity contribution < 1.29 is 9.53 Å². The van der Waals surface area contributed by atoms with Crippen molar-refractivity contribution in [3.63, 3.8) is 0 Å². The summed E-state index contributed by atoms with van der Waals surface area (Å²) in [6.45, 7) is 14.1. The third-order valence-corrected chi connectivity index (χ3v) is 6.58. The molecule has 150 valence electrons. The zero-order valence-electron chi connectivity index (χ0n) is 17.2. The minimum Gasteiger partial charge on any atom is -0.375 e. The quantitative estimate of drug-likeness (QED) is 0.718. The molecule has 0 N–H and O–H groups in total. The Morgan fingerprint density at radius 2 is 1.81 bits per heavy atom. The van der Waals surface area contributed by atoms with Crippen molar-refractivity contribution in [3.8, 4) is 0 Å². The van der Waals surface area contributed by atoms with Gasteiger partial charge < -0.3 is 9.64 Å². The van der Waals surface area contributed by atoms with Crippen LogP contribution in [0.25, 0.3) is 0 Å². The van der Waals surface area contributed by atoms with E-state index in [0.29, 0.717) is 5.41 Å². The zero-order chi connectivity index (χ0) is 19.4. The van der Waals surface area contributed by atoms with Gasteiger partial charge in [-0.05, 0) is 58.0 Å². The highest BCUT2D eigenvalue weighted by Crippen LogP contribution is 2.41. The highest BCUT2D eigenvalue weighted by molar-refractivity contribution is 5.77. The molecule has 6 heteroatoms. The highest BCUT2D eigenvalue weighted by Gasteiger charge is 2.38. The lowest BCUT2D eigenvalue weighted by atomic mass is 9.71. The minimum atomic E-state index is 0.132. The first-order chi connectivity index (χ1) is 13.0. The largest absolute Gasteiger partial charge is 0.375 e. The van der Waals surface area contributed by atoms with Crippen LogP contribution in [0.15, 0.2) is 12.7 Å². The number of aryl methyl sites for hydroxylation is 1. The topological polar surface area (TPSA) is 50.6 Å². The van der Waals surface area contributed by atoms with Crippen LogP contribution >= 0.6 is 0 Å². The number of methoxy groups -OCH3 is 1. The van der Waals surface area contributed by atoms with E-state index in [2.05, 4.69) is 35.1 Å². The number of aromatic nitrogens is 2. The molecule has 0 unspecified atom stereocenters. The summed E-state index contributed by atoms with van der Waals surface area (Å²) in [6, 6.07) is 0. The predicted molar refractivity (Wildman–Crippen MR) is 107 cm³/mol. The second-order valence-electron chi connectivity index (χ2n) is 8.21. The van der Waals surface area contributed by atoms with Gasteiger partial charge in [-0.3, -0.25) is 14.4 Å². The van der Waals surface area contributed by atoms with Crippen molar-refractivity contribution >= 4 is 5.91 Å². The van der Waals surface area contributed by atoms with Crippen molar-refractivity contribution in [1.82, 2.24) is 19.6 Å².